The molecule has 0 aromatic carbocycles. The standard InChI is InChI=1S/C10H11FN4/c1-7(12)8-5-9(11)10(13-6-8)15-4-2-3-14-15/h2-7H,12H2,1H3/t7-/m0/s1. The molecule has 4 nitrogen and oxygen atoms in total. The lowest BCUT2D eigenvalue weighted by Gasteiger charge is -2.07. The van der Waals surface area contributed by atoms with Crippen LogP contribution >= 0.6 is 0 Å². The van der Waals surface area contributed by atoms with Crippen LogP contribution in [0.1, 0.15) is 18.5 Å². The molecule has 0 saturated heterocycles. The largest absolute Gasteiger partial charge is 0.324 e. The lowest BCUT2D eigenvalue weighted by atomic mass is 10.1. The molecule has 0 spiro atoms. The third-order valence-electron chi connectivity index (χ3n) is 2.09. The van der Waals surface area contributed by atoms with Crippen LogP contribution in [0.15, 0.2) is 30.7 Å². The highest BCUT2D eigenvalue weighted by molar-refractivity contribution is 5.27. The third-order valence-corrected chi connectivity index (χ3v) is 2.09. The molecular formula is C10H11FN4. The second kappa shape index (κ2) is 3.78. The first-order valence-corrected chi connectivity index (χ1v) is 4.59. The van der Waals surface area contributed by atoms with E-state index in [0.717, 1.165) is 0 Å². The number of hydrogen-bond acceptors (Lipinski definition) is 3. The van der Waals surface area contributed by atoms with Gasteiger partial charge >= 0.3 is 0 Å². The average Bonchev–Trinajstić information content (AvgIpc) is 2.70. The number of rotatable bonds is 2. The van der Waals surface area contributed by atoms with Crippen molar-refractivity contribution in [2.24, 2.45) is 5.73 Å². The van der Waals surface area contributed by atoms with Gasteiger partial charge in [-0.25, -0.2) is 14.1 Å². The summed E-state index contributed by atoms with van der Waals surface area (Å²) >= 11 is 0. The Kier molecular flexibility index (Phi) is 2.47. The molecule has 0 aliphatic heterocycles. The second-order valence-corrected chi connectivity index (χ2v) is 3.31. The lowest BCUT2D eigenvalue weighted by Crippen LogP contribution is -2.08. The van der Waals surface area contributed by atoms with Gasteiger partial charge in [0.15, 0.2) is 11.6 Å². The highest BCUT2D eigenvalue weighted by atomic mass is 19.1. The van der Waals surface area contributed by atoms with Crippen LogP contribution in [0, 0.1) is 5.82 Å². The van der Waals surface area contributed by atoms with E-state index in [9.17, 15) is 4.39 Å². The van der Waals surface area contributed by atoms with Crippen molar-refractivity contribution in [3.05, 3.63) is 42.1 Å². The molecule has 0 radical (unpaired) electrons. The minimum Gasteiger partial charge on any atom is -0.324 e. The van der Waals surface area contributed by atoms with Gasteiger partial charge in [0.1, 0.15) is 0 Å². The molecule has 2 N–H and O–H groups in total. The summed E-state index contributed by atoms with van der Waals surface area (Å²) in [5.41, 5.74) is 6.29. The van der Waals surface area contributed by atoms with Crippen LogP contribution < -0.4 is 5.73 Å². The maximum atomic E-state index is 13.6. The average molecular weight is 206 g/mol. The van der Waals surface area contributed by atoms with Crippen molar-refractivity contribution in [2.45, 2.75) is 13.0 Å². The Labute approximate surface area is 86.6 Å². The molecule has 0 aliphatic carbocycles. The number of hydrogen-bond donors (Lipinski definition) is 1. The summed E-state index contributed by atoms with van der Waals surface area (Å²) in [4.78, 5) is 3.99. The molecule has 78 valence electrons. The number of nitrogens with zero attached hydrogens (tertiary/aromatic N) is 3. The number of halogens is 1. The van der Waals surface area contributed by atoms with Crippen molar-refractivity contribution in [1.29, 1.82) is 0 Å². The van der Waals surface area contributed by atoms with Gasteiger partial charge in [-0.3, -0.25) is 0 Å². The van der Waals surface area contributed by atoms with E-state index in [1.807, 2.05) is 0 Å². The van der Waals surface area contributed by atoms with Crippen LogP contribution in [0.25, 0.3) is 5.82 Å². The van der Waals surface area contributed by atoms with Crippen LogP contribution in [-0.4, -0.2) is 14.8 Å². The SMILES string of the molecule is C[C@H](N)c1cnc(-n2cccn2)c(F)c1. The topological polar surface area (TPSA) is 56.7 Å². The predicted molar refractivity (Wildman–Crippen MR) is 53.9 cm³/mol. The van der Waals surface area contributed by atoms with Gasteiger partial charge < -0.3 is 5.73 Å². The lowest BCUT2D eigenvalue weighted by molar-refractivity contribution is 0.594. The first kappa shape index (κ1) is 9.79. The van der Waals surface area contributed by atoms with E-state index in [-0.39, 0.29) is 11.9 Å². The molecule has 2 rings (SSSR count). The molecule has 15 heavy (non-hydrogen) atoms. The number of pyridine rings is 1. The van der Waals surface area contributed by atoms with Crippen LogP contribution in [0.2, 0.25) is 0 Å². The van der Waals surface area contributed by atoms with Crippen molar-refractivity contribution in [3.63, 3.8) is 0 Å². The Morgan fingerprint density at radius 3 is 2.87 bits per heavy atom. The monoisotopic (exact) mass is 206 g/mol. The molecule has 0 unspecified atom stereocenters. The zero-order valence-electron chi connectivity index (χ0n) is 8.26. The van der Waals surface area contributed by atoms with Crippen LogP contribution in [-0.2, 0) is 0 Å². The van der Waals surface area contributed by atoms with Crippen molar-refractivity contribution in [1.82, 2.24) is 14.8 Å². The molecule has 2 aromatic heterocycles. The highest BCUT2D eigenvalue weighted by Gasteiger charge is 2.09. The van der Waals surface area contributed by atoms with E-state index in [4.69, 9.17) is 5.73 Å². The highest BCUT2D eigenvalue weighted by Crippen LogP contribution is 2.14. The Hall–Kier alpha value is -1.75. The summed E-state index contributed by atoms with van der Waals surface area (Å²) in [6.45, 7) is 1.78. The zero-order chi connectivity index (χ0) is 10.8. The van der Waals surface area contributed by atoms with E-state index >= 15 is 0 Å². The fourth-order valence-corrected chi connectivity index (χ4v) is 1.26. The Bertz CT molecular complexity index is 450. The summed E-state index contributed by atoms with van der Waals surface area (Å²) in [6.07, 6.45) is 4.77. The molecular weight excluding hydrogens is 195 g/mol. The smallest absolute Gasteiger partial charge is 0.189 e. The van der Waals surface area contributed by atoms with E-state index in [1.54, 1.807) is 31.6 Å². The molecule has 2 heterocycles. The van der Waals surface area contributed by atoms with Gasteiger partial charge in [0.2, 0.25) is 0 Å². The maximum Gasteiger partial charge on any atom is 0.189 e. The van der Waals surface area contributed by atoms with Crippen LogP contribution in [0.5, 0.6) is 0 Å². The molecule has 2 aromatic rings. The van der Waals surface area contributed by atoms with Gasteiger partial charge in [0.05, 0.1) is 0 Å². The summed E-state index contributed by atoms with van der Waals surface area (Å²) in [7, 11) is 0. The number of nitrogens with two attached hydrogens (primary N) is 1. The molecule has 0 fully saturated rings. The van der Waals surface area contributed by atoms with Crippen molar-refractivity contribution >= 4 is 0 Å². The minimum atomic E-state index is -0.423. The van der Waals surface area contributed by atoms with Gasteiger partial charge in [-0.05, 0) is 24.6 Å². The first-order valence-electron chi connectivity index (χ1n) is 4.59. The van der Waals surface area contributed by atoms with Crippen LogP contribution in [0.3, 0.4) is 0 Å². The Morgan fingerprint density at radius 1 is 1.53 bits per heavy atom. The minimum absolute atomic E-state index is 0.185. The molecule has 0 amide bonds. The molecule has 1 atom stereocenters. The van der Waals surface area contributed by atoms with E-state index in [0.29, 0.717) is 5.56 Å². The van der Waals surface area contributed by atoms with Gasteiger partial charge in [0.25, 0.3) is 0 Å². The quantitative estimate of drug-likeness (QED) is 0.808. The molecule has 0 bridgehead atoms. The summed E-state index contributed by atoms with van der Waals surface area (Å²) in [5.74, 6) is -0.238. The Morgan fingerprint density at radius 2 is 2.33 bits per heavy atom. The zero-order valence-corrected chi connectivity index (χ0v) is 8.26. The summed E-state index contributed by atoms with van der Waals surface area (Å²) in [6, 6.07) is 2.87. The molecule has 0 aliphatic rings. The van der Waals surface area contributed by atoms with Gasteiger partial charge in [-0.15, -0.1) is 0 Å². The van der Waals surface area contributed by atoms with Crippen molar-refractivity contribution < 1.29 is 4.39 Å². The fourth-order valence-electron chi connectivity index (χ4n) is 1.26. The van der Waals surface area contributed by atoms with Gasteiger partial charge in [-0.2, -0.15) is 5.10 Å². The normalized spacial score (nSPS) is 12.7. The van der Waals surface area contributed by atoms with Gasteiger partial charge in [-0.1, -0.05) is 0 Å². The van der Waals surface area contributed by atoms with Crippen molar-refractivity contribution in [3.8, 4) is 5.82 Å². The van der Waals surface area contributed by atoms with E-state index in [1.165, 1.54) is 10.7 Å². The third kappa shape index (κ3) is 1.87. The summed E-state index contributed by atoms with van der Waals surface area (Å²) in [5, 5.41) is 3.90. The second-order valence-electron chi connectivity index (χ2n) is 3.31. The van der Waals surface area contributed by atoms with Crippen molar-refractivity contribution in [2.75, 3.05) is 0 Å². The first-order chi connectivity index (χ1) is 7.18. The summed E-state index contributed by atoms with van der Waals surface area (Å²) < 4.78 is 15.0. The molecule has 0 saturated carbocycles. The van der Waals surface area contributed by atoms with E-state index in [2.05, 4.69) is 10.1 Å². The van der Waals surface area contributed by atoms with Gasteiger partial charge in [0, 0.05) is 24.6 Å². The number of aromatic nitrogens is 3. The molecule has 5 heteroatoms. The maximum absolute atomic E-state index is 13.6. The Balaban J connectivity index is 2.44. The van der Waals surface area contributed by atoms with E-state index < -0.39 is 5.82 Å². The van der Waals surface area contributed by atoms with Crippen LogP contribution in [0.4, 0.5) is 4.39 Å². The fraction of sp³-hybridized carbons (Fsp3) is 0.200. The predicted octanol–water partition coefficient (Wildman–Crippen LogP) is 1.43.